The molecule has 2 fully saturated rings. The van der Waals surface area contributed by atoms with Crippen LogP contribution in [0.25, 0.3) is 11.2 Å². The summed E-state index contributed by atoms with van der Waals surface area (Å²) in [6.45, 7) is 6.52. The van der Waals surface area contributed by atoms with Gasteiger partial charge < -0.3 is 13.9 Å². The van der Waals surface area contributed by atoms with Crippen LogP contribution in [0.3, 0.4) is 0 Å². The molecule has 0 spiro atoms. The van der Waals surface area contributed by atoms with E-state index >= 15 is 0 Å². The molecule has 3 aromatic heterocycles. The van der Waals surface area contributed by atoms with Crippen LogP contribution in [-0.2, 0) is 6.54 Å². The van der Waals surface area contributed by atoms with Crippen LogP contribution >= 0.6 is 0 Å². The van der Waals surface area contributed by atoms with Crippen LogP contribution < -0.4 is 4.90 Å². The highest BCUT2D eigenvalue weighted by molar-refractivity contribution is 5.83. The summed E-state index contributed by atoms with van der Waals surface area (Å²) in [5, 5.41) is 0. The second kappa shape index (κ2) is 5.80. The van der Waals surface area contributed by atoms with Crippen LogP contribution in [0, 0.1) is 6.92 Å². The van der Waals surface area contributed by atoms with E-state index in [2.05, 4.69) is 34.3 Å². The molecule has 4 heterocycles. The average Bonchev–Trinajstić information content (AvgIpc) is 3.25. The molecule has 0 amide bonds. The maximum atomic E-state index is 5.30. The van der Waals surface area contributed by atoms with Gasteiger partial charge in [0.2, 0.25) is 0 Å². The first kappa shape index (κ1) is 14.8. The largest absolute Gasteiger partial charge is 0.449 e. The number of anilines is 1. The normalized spacial score (nSPS) is 19.0. The van der Waals surface area contributed by atoms with Gasteiger partial charge in [-0.25, -0.2) is 19.9 Å². The number of nitrogens with zero attached hydrogens (tertiary/aromatic N) is 7. The lowest BCUT2D eigenvalue weighted by atomic mass is 10.3. The highest BCUT2D eigenvalue weighted by Crippen LogP contribution is 2.37. The van der Waals surface area contributed by atoms with Gasteiger partial charge in [0.15, 0.2) is 22.9 Å². The fraction of sp³-hybridized carbons (Fsp3) is 0.529. The second-order valence-corrected chi connectivity index (χ2v) is 6.87. The summed E-state index contributed by atoms with van der Waals surface area (Å²) in [5.41, 5.74) is 2.89. The molecule has 0 radical (unpaired) electrons. The number of aryl methyl sites for hydroxylation is 1. The molecule has 0 atom stereocenters. The summed E-state index contributed by atoms with van der Waals surface area (Å²) in [7, 11) is 0. The van der Waals surface area contributed by atoms with Crippen LogP contribution in [0.5, 0.6) is 0 Å². The monoisotopic (exact) mass is 339 g/mol. The molecule has 1 aliphatic heterocycles. The SMILES string of the molecule is Cc1nc(CN2CCN(c3ncnc4c3ncn4C3CC3)CC2)co1. The van der Waals surface area contributed by atoms with Crippen LogP contribution in [-0.4, -0.2) is 55.6 Å². The summed E-state index contributed by atoms with van der Waals surface area (Å²) in [4.78, 5) is 22.7. The van der Waals surface area contributed by atoms with E-state index < -0.39 is 0 Å². The van der Waals surface area contributed by atoms with Crippen LogP contribution in [0.2, 0.25) is 0 Å². The van der Waals surface area contributed by atoms with Crippen molar-refractivity contribution in [2.75, 3.05) is 31.1 Å². The molecule has 25 heavy (non-hydrogen) atoms. The third kappa shape index (κ3) is 2.76. The van der Waals surface area contributed by atoms with Crippen molar-refractivity contribution in [3.05, 3.63) is 30.5 Å². The zero-order valence-corrected chi connectivity index (χ0v) is 14.3. The van der Waals surface area contributed by atoms with E-state index in [9.17, 15) is 0 Å². The fourth-order valence-electron chi connectivity index (χ4n) is 3.52. The van der Waals surface area contributed by atoms with Gasteiger partial charge in [-0.15, -0.1) is 0 Å². The molecular formula is C17H21N7O. The average molecular weight is 339 g/mol. The van der Waals surface area contributed by atoms with Crippen LogP contribution in [0.4, 0.5) is 5.82 Å². The predicted molar refractivity (Wildman–Crippen MR) is 92.3 cm³/mol. The molecule has 0 unspecified atom stereocenters. The highest BCUT2D eigenvalue weighted by atomic mass is 16.3. The molecule has 0 bridgehead atoms. The molecule has 0 N–H and O–H groups in total. The van der Waals surface area contributed by atoms with Gasteiger partial charge in [0.1, 0.15) is 12.6 Å². The van der Waals surface area contributed by atoms with E-state index in [-0.39, 0.29) is 0 Å². The molecule has 5 rings (SSSR count). The standard InChI is InChI=1S/C17H21N7O/c1-12-21-13(9-25-12)8-22-4-6-23(7-5-22)16-15-17(19-10-18-16)24(11-20-15)14-2-3-14/h9-11,14H,2-8H2,1H3. The van der Waals surface area contributed by atoms with E-state index in [0.717, 1.165) is 61.3 Å². The quantitative estimate of drug-likeness (QED) is 0.717. The minimum absolute atomic E-state index is 0.579. The lowest BCUT2D eigenvalue weighted by Crippen LogP contribution is -2.46. The molecule has 3 aromatic rings. The Morgan fingerprint density at radius 2 is 1.96 bits per heavy atom. The van der Waals surface area contributed by atoms with Crippen molar-refractivity contribution in [1.82, 2.24) is 29.4 Å². The number of hydrogen-bond donors (Lipinski definition) is 0. The fourth-order valence-corrected chi connectivity index (χ4v) is 3.52. The summed E-state index contributed by atoms with van der Waals surface area (Å²) in [6, 6.07) is 0.579. The highest BCUT2D eigenvalue weighted by Gasteiger charge is 2.28. The Bertz CT molecular complexity index is 889. The number of fused-ring (bicyclic) bond motifs is 1. The molecule has 8 heteroatoms. The van der Waals surface area contributed by atoms with Gasteiger partial charge in [-0.3, -0.25) is 4.90 Å². The van der Waals surface area contributed by atoms with Crippen molar-refractivity contribution in [3.63, 3.8) is 0 Å². The molecule has 1 saturated heterocycles. The Hall–Kier alpha value is -2.48. The Labute approximate surface area is 145 Å². The molecular weight excluding hydrogens is 318 g/mol. The van der Waals surface area contributed by atoms with E-state index in [1.807, 2.05) is 13.3 Å². The predicted octanol–water partition coefficient (Wildman–Crippen LogP) is 1.78. The molecule has 0 aromatic carbocycles. The van der Waals surface area contributed by atoms with Gasteiger partial charge in [0, 0.05) is 45.7 Å². The Kier molecular flexibility index (Phi) is 3.44. The first-order valence-corrected chi connectivity index (χ1v) is 8.84. The van der Waals surface area contributed by atoms with Crippen molar-refractivity contribution in [2.45, 2.75) is 32.4 Å². The minimum atomic E-state index is 0.579. The minimum Gasteiger partial charge on any atom is -0.449 e. The third-order valence-corrected chi connectivity index (χ3v) is 5.00. The van der Waals surface area contributed by atoms with E-state index in [1.54, 1.807) is 12.6 Å². The van der Waals surface area contributed by atoms with Crippen molar-refractivity contribution >= 4 is 17.0 Å². The Balaban J connectivity index is 1.31. The Morgan fingerprint density at radius 1 is 1.12 bits per heavy atom. The van der Waals surface area contributed by atoms with Gasteiger partial charge in [0.05, 0.1) is 12.0 Å². The number of rotatable bonds is 4. The van der Waals surface area contributed by atoms with Gasteiger partial charge in [-0.1, -0.05) is 0 Å². The van der Waals surface area contributed by atoms with Crippen LogP contribution in [0.15, 0.2) is 23.3 Å². The second-order valence-electron chi connectivity index (χ2n) is 6.87. The zero-order valence-electron chi connectivity index (χ0n) is 14.3. The first-order valence-electron chi connectivity index (χ1n) is 8.84. The Morgan fingerprint density at radius 3 is 2.68 bits per heavy atom. The molecule has 1 saturated carbocycles. The van der Waals surface area contributed by atoms with Crippen LogP contribution in [0.1, 0.15) is 30.5 Å². The van der Waals surface area contributed by atoms with Gasteiger partial charge in [0.25, 0.3) is 0 Å². The van der Waals surface area contributed by atoms with Crippen molar-refractivity contribution in [2.24, 2.45) is 0 Å². The topological polar surface area (TPSA) is 76.1 Å². The molecule has 8 nitrogen and oxygen atoms in total. The molecule has 1 aliphatic carbocycles. The number of piperazine rings is 1. The van der Waals surface area contributed by atoms with E-state index in [1.165, 1.54) is 12.8 Å². The summed E-state index contributed by atoms with van der Waals surface area (Å²) in [6.07, 6.45) is 7.79. The van der Waals surface area contributed by atoms with E-state index in [0.29, 0.717) is 6.04 Å². The van der Waals surface area contributed by atoms with Gasteiger partial charge in [-0.05, 0) is 12.8 Å². The summed E-state index contributed by atoms with van der Waals surface area (Å²) in [5.74, 6) is 1.68. The summed E-state index contributed by atoms with van der Waals surface area (Å²) < 4.78 is 7.49. The maximum absolute atomic E-state index is 5.30. The number of oxazole rings is 1. The first-order chi connectivity index (χ1) is 12.3. The van der Waals surface area contributed by atoms with Gasteiger partial charge in [-0.2, -0.15) is 0 Å². The van der Waals surface area contributed by atoms with Crippen molar-refractivity contribution in [3.8, 4) is 0 Å². The smallest absolute Gasteiger partial charge is 0.191 e. The van der Waals surface area contributed by atoms with Gasteiger partial charge >= 0.3 is 0 Å². The lowest BCUT2D eigenvalue weighted by molar-refractivity contribution is 0.246. The third-order valence-electron chi connectivity index (χ3n) is 5.00. The summed E-state index contributed by atoms with van der Waals surface area (Å²) >= 11 is 0. The number of imidazole rings is 1. The maximum Gasteiger partial charge on any atom is 0.191 e. The van der Waals surface area contributed by atoms with Crippen molar-refractivity contribution in [1.29, 1.82) is 0 Å². The lowest BCUT2D eigenvalue weighted by Gasteiger charge is -2.34. The number of hydrogen-bond acceptors (Lipinski definition) is 7. The molecule has 2 aliphatic rings. The molecule has 130 valence electrons. The zero-order chi connectivity index (χ0) is 16.8. The van der Waals surface area contributed by atoms with E-state index in [4.69, 9.17) is 4.42 Å². The van der Waals surface area contributed by atoms with Crippen molar-refractivity contribution < 1.29 is 4.42 Å². The number of aromatic nitrogens is 5.